The van der Waals surface area contributed by atoms with Gasteiger partial charge in [-0.15, -0.1) is 5.10 Å². The molecular weight excluding hydrogens is 432 g/mol. The molecule has 0 saturated carbocycles. The fourth-order valence-electron chi connectivity index (χ4n) is 3.34. The smallest absolute Gasteiger partial charge is 0.336 e. The lowest BCUT2D eigenvalue weighted by Crippen LogP contribution is -2.12. The highest BCUT2D eigenvalue weighted by molar-refractivity contribution is 6.04. The summed E-state index contributed by atoms with van der Waals surface area (Å²) in [6, 6.07) is 22.2. The average Bonchev–Trinajstić information content (AvgIpc) is 3.32. The zero-order valence-corrected chi connectivity index (χ0v) is 19.3. The molecule has 0 radical (unpaired) electrons. The molecule has 0 atom stereocenters. The first kappa shape index (κ1) is 22.8. The summed E-state index contributed by atoms with van der Waals surface area (Å²) in [5.41, 5.74) is 2.70. The number of nitrogens with one attached hydrogen (secondary N) is 1. The van der Waals surface area contributed by atoms with Gasteiger partial charge in [0.05, 0.1) is 26.5 Å². The van der Waals surface area contributed by atoms with Gasteiger partial charge in [-0.2, -0.15) is 4.98 Å². The summed E-state index contributed by atoms with van der Waals surface area (Å²) in [6.07, 6.45) is 0.845. The first-order valence-corrected chi connectivity index (χ1v) is 10.9. The number of hydrogen-bond donors (Lipinski definition) is 1. The molecule has 0 aliphatic heterocycles. The van der Waals surface area contributed by atoms with Crippen LogP contribution in [0.1, 0.15) is 23.7 Å². The third-order valence-corrected chi connectivity index (χ3v) is 5.05. The number of anilines is 1. The Bertz CT molecular complexity index is 1270. The maximum absolute atomic E-state index is 12.8. The van der Waals surface area contributed by atoms with Gasteiger partial charge in [0.2, 0.25) is 0 Å². The van der Waals surface area contributed by atoms with E-state index in [0.29, 0.717) is 35.4 Å². The molecule has 0 bridgehead atoms. The van der Waals surface area contributed by atoms with Gasteiger partial charge in [0.25, 0.3) is 5.91 Å². The Labute approximate surface area is 198 Å². The Morgan fingerprint density at radius 1 is 0.941 bits per heavy atom. The van der Waals surface area contributed by atoms with Crippen LogP contribution >= 0.6 is 0 Å². The van der Waals surface area contributed by atoms with Crippen molar-refractivity contribution in [3.8, 4) is 34.6 Å². The van der Waals surface area contributed by atoms with E-state index in [1.165, 1.54) is 0 Å². The van der Waals surface area contributed by atoms with E-state index in [1.807, 2.05) is 55.5 Å². The maximum Gasteiger partial charge on any atom is 0.336 e. The average molecular weight is 459 g/mol. The zero-order valence-electron chi connectivity index (χ0n) is 19.3. The van der Waals surface area contributed by atoms with Gasteiger partial charge in [-0.3, -0.25) is 4.79 Å². The number of nitrogens with zero attached hydrogens (tertiary/aromatic N) is 3. The second-order valence-corrected chi connectivity index (χ2v) is 7.44. The summed E-state index contributed by atoms with van der Waals surface area (Å²) in [6.45, 7) is 2.54. The van der Waals surface area contributed by atoms with Crippen molar-refractivity contribution in [1.29, 1.82) is 0 Å². The molecule has 4 rings (SSSR count). The van der Waals surface area contributed by atoms with Crippen LogP contribution in [0.2, 0.25) is 0 Å². The van der Waals surface area contributed by atoms with Crippen molar-refractivity contribution in [3.63, 3.8) is 0 Å². The van der Waals surface area contributed by atoms with Crippen molar-refractivity contribution in [1.82, 2.24) is 14.8 Å². The van der Waals surface area contributed by atoms with E-state index in [1.54, 1.807) is 43.2 Å². The topological polar surface area (TPSA) is 87.5 Å². The van der Waals surface area contributed by atoms with E-state index in [-0.39, 0.29) is 5.91 Å². The molecule has 0 aliphatic rings. The molecule has 1 heterocycles. The molecule has 0 unspecified atom stereocenters. The van der Waals surface area contributed by atoms with Crippen LogP contribution in [-0.2, 0) is 0 Å². The lowest BCUT2D eigenvalue weighted by molar-refractivity contribution is 0.102. The summed E-state index contributed by atoms with van der Waals surface area (Å²) in [5.74, 6) is 1.74. The van der Waals surface area contributed by atoms with Crippen molar-refractivity contribution >= 4 is 11.6 Å². The zero-order chi connectivity index (χ0) is 23.9. The van der Waals surface area contributed by atoms with Crippen molar-refractivity contribution < 1.29 is 19.0 Å². The molecule has 1 aromatic heterocycles. The molecule has 4 aromatic rings. The lowest BCUT2D eigenvalue weighted by Gasteiger charge is -2.10. The fourth-order valence-corrected chi connectivity index (χ4v) is 3.34. The monoisotopic (exact) mass is 458 g/mol. The van der Waals surface area contributed by atoms with E-state index < -0.39 is 0 Å². The Morgan fingerprint density at radius 3 is 2.44 bits per heavy atom. The van der Waals surface area contributed by atoms with Gasteiger partial charge < -0.3 is 19.5 Å². The first-order chi connectivity index (χ1) is 16.6. The highest BCUT2D eigenvalue weighted by atomic mass is 16.5. The number of rotatable bonds is 9. The van der Waals surface area contributed by atoms with Crippen molar-refractivity contribution in [2.24, 2.45) is 0 Å². The summed E-state index contributed by atoms with van der Waals surface area (Å²) in [5, 5.41) is 7.49. The third-order valence-electron chi connectivity index (χ3n) is 5.05. The van der Waals surface area contributed by atoms with Gasteiger partial charge in [0.15, 0.2) is 5.82 Å². The Balaban J connectivity index is 1.66. The van der Waals surface area contributed by atoms with E-state index in [4.69, 9.17) is 14.2 Å². The summed E-state index contributed by atoms with van der Waals surface area (Å²) in [7, 11) is 3.19. The Kier molecular flexibility index (Phi) is 7.07. The van der Waals surface area contributed by atoms with Crippen LogP contribution in [0.25, 0.3) is 17.1 Å². The number of ether oxygens (including phenoxy) is 3. The molecule has 3 aromatic carbocycles. The Hall–Kier alpha value is -4.33. The van der Waals surface area contributed by atoms with Crippen molar-refractivity contribution in [3.05, 3.63) is 78.4 Å². The minimum absolute atomic E-state index is 0.239. The highest BCUT2D eigenvalue weighted by Crippen LogP contribution is 2.27. The second-order valence-electron chi connectivity index (χ2n) is 7.44. The number of hydrogen-bond acceptors (Lipinski definition) is 6. The molecule has 174 valence electrons. The molecule has 0 saturated heterocycles. The number of amides is 1. The van der Waals surface area contributed by atoms with Crippen LogP contribution in [0.5, 0.6) is 17.5 Å². The summed E-state index contributed by atoms with van der Waals surface area (Å²) < 4.78 is 17.9. The summed E-state index contributed by atoms with van der Waals surface area (Å²) in [4.78, 5) is 17.4. The number of carbonyl (C=O) groups is 1. The van der Waals surface area contributed by atoms with Gasteiger partial charge in [-0.1, -0.05) is 19.1 Å². The fraction of sp³-hybridized carbons (Fsp3) is 0.192. The van der Waals surface area contributed by atoms with Crippen LogP contribution < -0.4 is 19.5 Å². The minimum Gasteiger partial charge on any atom is -0.497 e. The maximum atomic E-state index is 12.8. The number of benzene rings is 3. The highest BCUT2D eigenvalue weighted by Gasteiger charge is 2.16. The lowest BCUT2D eigenvalue weighted by atomic mass is 10.2. The first-order valence-electron chi connectivity index (χ1n) is 10.9. The van der Waals surface area contributed by atoms with Crippen LogP contribution in [0, 0.1) is 0 Å². The number of aromatic nitrogens is 3. The van der Waals surface area contributed by atoms with Gasteiger partial charge >= 0.3 is 6.01 Å². The molecule has 0 aliphatic carbocycles. The van der Waals surface area contributed by atoms with Gasteiger partial charge in [-0.05, 0) is 67.1 Å². The van der Waals surface area contributed by atoms with E-state index >= 15 is 0 Å². The predicted molar refractivity (Wildman–Crippen MR) is 130 cm³/mol. The second kappa shape index (κ2) is 10.5. The molecule has 34 heavy (non-hydrogen) atoms. The van der Waals surface area contributed by atoms with Crippen LogP contribution in [0.15, 0.2) is 72.8 Å². The number of carbonyl (C=O) groups excluding carboxylic acids is 1. The molecule has 0 fully saturated rings. The molecular formula is C26H26N4O4. The van der Waals surface area contributed by atoms with Crippen LogP contribution in [0.3, 0.4) is 0 Å². The SMILES string of the molecule is CCCOc1nc(-c2ccc(OC)cc2)n(-c2cccc(NC(=O)c3cccc(OC)c3)c2)n1. The third kappa shape index (κ3) is 5.17. The predicted octanol–water partition coefficient (Wildman–Crippen LogP) is 4.99. The largest absolute Gasteiger partial charge is 0.497 e. The van der Waals surface area contributed by atoms with Crippen LogP contribution in [-0.4, -0.2) is 41.5 Å². The Morgan fingerprint density at radius 2 is 1.71 bits per heavy atom. The summed E-state index contributed by atoms with van der Waals surface area (Å²) >= 11 is 0. The normalized spacial score (nSPS) is 10.6. The van der Waals surface area contributed by atoms with E-state index in [2.05, 4.69) is 15.4 Å². The molecule has 8 nitrogen and oxygen atoms in total. The minimum atomic E-state index is -0.239. The van der Waals surface area contributed by atoms with Crippen molar-refractivity contribution in [2.75, 3.05) is 26.1 Å². The van der Waals surface area contributed by atoms with Gasteiger partial charge in [-0.25, -0.2) is 4.68 Å². The molecule has 8 heteroatoms. The van der Waals surface area contributed by atoms with Gasteiger partial charge in [0.1, 0.15) is 11.5 Å². The molecule has 0 spiro atoms. The van der Waals surface area contributed by atoms with E-state index in [0.717, 1.165) is 23.4 Å². The number of methoxy groups -OCH3 is 2. The van der Waals surface area contributed by atoms with Crippen molar-refractivity contribution in [2.45, 2.75) is 13.3 Å². The standard InChI is InChI=1S/C26H26N4O4/c1-4-15-34-26-28-24(18-11-13-22(32-2)14-12-18)30(29-26)21-9-6-8-20(17-21)27-25(31)19-7-5-10-23(16-19)33-3/h5-14,16-17H,4,15H2,1-3H3,(H,27,31). The van der Waals surface area contributed by atoms with Crippen LogP contribution in [0.4, 0.5) is 5.69 Å². The van der Waals surface area contributed by atoms with Gasteiger partial charge in [0, 0.05) is 16.8 Å². The quantitative estimate of drug-likeness (QED) is 0.380. The van der Waals surface area contributed by atoms with E-state index in [9.17, 15) is 4.79 Å². The molecule has 1 amide bonds. The molecule has 1 N–H and O–H groups in total.